The summed E-state index contributed by atoms with van der Waals surface area (Å²) in [7, 11) is 0. The van der Waals surface area contributed by atoms with Crippen molar-refractivity contribution >= 4 is 5.97 Å². The molecule has 0 amide bonds. The van der Waals surface area contributed by atoms with E-state index in [1.807, 2.05) is 0 Å². The summed E-state index contributed by atoms with van der Waals surface area (Å²) in [5, 5.41) is 17.3. The van der Waals surface area contributed by atoms with Crippen molar-refractivity contribution in [2.75, 3.05) is 0 Å². The van der Waals surface area contributed by atoms with Crippen molar-refractivity contribution in [1.82, 2.24) is 10.2 Å². The number of carboxylic acids is 1. The molecule has 0 spiro atoms. The number of carbonyl (C=O) groups is 1. The number of carboxylic acid groups (broad SMARTS) is 1. The third-order valence-electron chi connectivity index (χ3n) is 4.63. The van der Waals surface area contributed by atoms with Gasteiger partial charge in [-0.3, -0.25) is 4.79 Å². The molecule has 19 heavy (non-hydrogen) atoms. The van der Waals surface area contributed by atoms with Crippen LogP contribution in [0.4, 0.5) is 0 Å². The summed E-state index contributed by atoms with van der Waals surface area (Å²) < 4.78 is 5.73. The summed E-state index contributed by atoms with van der Waals surface area (Å²) in [6.45, 7) is 2.18. The third kappa shape index (κ3) is 2.65. The van der Waals surface area contributed by atoms with E-state index < -0.39 is 5.97 Å². The molecule has 0 aliphatic heterocycles. The first-order valence-corrected chi connectivity index (χ1v) is 7.12. The summed E-state index contributed by atoms with van der Waals surface area (Å²) in [5.74, 6) is 1.72. The van der Waals surface area contributed by atoms with Gasteiger partial charge in [0.2, 0.25) is 11.8 Å². The Morgan fingerprint density at radius 3 is 2.68 bits per heavy atom. The number of hydrogen-bond donors (Lipinski definition) is 1. The lowest BCUT2D eigenvalue weighted by Gasteiger charge is -2.24. The molecule has 1 aromatic rings. The van der Waals surface area contributed by atoms with Crippen LogP contribution in [0, 0.1) is 11.3 Å². The fourth-order valence-corrected chi connectivity index (χ4v) is 3.34. The van der Waals surface area contributed by atoms with Gasteiger partial charge in [-0.05, 0) is 30.6 Å². The van der Waals surface area contributed by atoms with Gasteiger partial charge in [-0.25, -0.2) is 0 Å². The lowest BCUT2D eigenvalue weighted by molar-refractivity contribution is -0.139. The van der Waals surface area contributed by atoms with Gasteiger partial charge < -0.3 is 9.52 Å². The zero-order valence-corrected chi connectivity index (χ0v) is 11.3. The van der Waals surface area contributed by atoms with Crippen LogP contribution in [-0.4, -0.2) is 21.3 Å². The van der Waals surface area contributed by atoms with Crippen LogP contribution in [0.25, 0.3) is 0 Å². The molecule has 2 aliphatic rings. The smallest absolute Gasteiger partial charge is 0.303 e. The Morgan fingerprint density at radius 1 is 1.42 bits per heavy atom. The van der Waals surface area contributed by atoms with Gasteiger partial charge in [0.25, 0.3) is 0 Å². The molecule has 0 saturated heterocycles. The molecule has 3 rings (SSSR count). The Labute approximate surface area is 112 Å². The topological polar surface area (TPSA) is 76.2 Å². The molecule has 2 fully saturated rings. The molecule has 2 aliphatic carbocycles. The second kappa shape index (κ2) is 4.62. The van der Waals surface area contributed by atoms with Gasteiger partial charge in [0, 0.05) is 12.3 Å². The summed E-state index contributed by atoms with van der Waals surface area (Å²) in [4.78, 5) is 11.1. The fourth-order valence-electron chi connectivity index (χ4n) is 3.34. The minimum atomic E-state index is -0.725. The number of aromatic nitrogens is 2. The zero-order chi connectivity index (χ0) is 13.5. The summed E-state index contributed by atoms with van der Waals surface area (Å²) in [6.07, 6.45) is 6.08. The van der Waals surface area contributed by atoms with Crippen LogP contribution in [0.2, 0.25) is 0 Å². The normalized spacial score (nSPS) is 28.5. The maximum atomic E-state index is 11.1. The summed E-state index contributed by atoms with van der Waals surface area (Å²) in [6, 6.07) is 0. The van der Waals surface area contributed by atoms with Crippen molar-refractivity contribution in [2.45, 2.75) is 57.8 Å². The predicted molar refractivity (Wildman–Crippen MR) is 67.7 cm³/mol. The van der Waals surface area contributed by atoms with Crippen LogP contribution in [-0.2, 0) is 11.2 Å². The van der Waals surface area contributed by atoms with Gasteiger partial charge in [-0.2, -0.15) is 0 Å². The SMILES string of the molecule is CC1CC1c1nnc(CC2(CC(=O)O)CCCC2)o1. The second-order valence-electron chi connectivity index (χ2n) is 6.31. The van der Waals surface area contributed by atoms with Gasteiger partial charge in [0.15, 0.2) is 0 Å². The van der Waals surface area contributed by atoms with Crippen molar-refractivity contribution in [2.24, 2.45) is 11.3 Å². The molecule has 5 heteroatoms. The first-order chi connectivity index (χ1) is 9.08. The Bertz CT molecular complexity index is 477. The molecule has 2 atom stereocenters. The Balaban J connectivity index is 1.71. The summed E-state index contributed by atoms with van der Waals surface area (Å²) in [5.41, 5.74) is -0.162. The average molecular weight is 264 g/mol. The van der Waals surface area contributed by atoms with Crippen LogP contribution in [0.15, 0.2) is 4.42 Å². The quantitative estimate of drug-likeness (QED) is 0.884. The fraction of sp³-hybridized carbons (Fsp3) is 0.786. The predicted octanol–water partition coefficient (Wildman–Crippen LogP) is 2.77. The van der Waals surface area contributed by atoms with E-state index >= 15 is 0 Å². The average Bonchev–Trinajstić information content (AvgIpc) is 2.78. The van der Waals surface area contributed by atoms with E-state index in [1.165, 1.54) is 0 Å². The first kappa shape index (κ1) is 12.6. The molecule has 2 unspecified atom stereocenters. The van der Waals surface area contributed by atoms with E-state index in [9.17, 15) is 4.79 Å². The zero-order valence-electron chi connectivity index (χ0n) is 11.3. The molecule has 0 aromatic carbocycles. The summed E-state index contributed by atoms with van der Waals surface area (Å²) >= 11 is 0. The lowest BCUT2D eigenvalue weighted by Crippen LogP contribution is -2.23. The molecular formula is C14H20N2O3. The van der Waals surface area contributed by atoms with E-state index in [-0.39, 0.29) is 11.8 Å². The van der Waals surface area contributed by atoms with Gasteiger partial charge in [0.1, 0.15) is 0 Å². The second-order valence-corrected chi connectivity index (χ2v) is 6.31. The van der Waals surface area contributed by atoms with Crippen molar-refractivity contribution in [3.05, 3.63) is 11.8 Å². The molecule has 1 N–H and O–H groups in total. The molecule has 1 aromatic heterocycles. The van der Waals surface area contributed by atoms with E-state index in [0.29, 0.717) is 24.1 Å². The van der Waals surface area contributed by atoms with Crippen LogP contribution >= 0.6 is 0 Å². The maximum Gasteiger partial charge on any atom is 0.303 e. The monoisotopic (exact) mass is 264 g/mol. The highest BCUT2D eigenvalue weighted by Gasteiger charge is 2.41. The highest BCUT2D eigenvalue weighted by atomic mass is 16.4. The number of aliphatic carboxylic acids is 1. The molecule has 1 heterocycles. The minimum absolute atomic E-state index is 0.162. The Kier molecular flexibility index (Phi) is 3.07. The number of rotatable bonds is 5. The van der Waals surface area contributed by atoms with Crippen LogP contribution in [0.1, 0.15) is 63.1 Å². The van der Waals surface area contributed by atoms with Gasteiger partial charge in [0.05, 0.1) is 6.42 Å². The van der Waals surface area contributed by atoms with Crippen molar-refractivity contribution in [3.63, 3.8) is 0 Å². The van der Waals surface area contributed by atoms with E-state index in [4.69, 9.17) is 9.52 Å². The molecule has 5 nitrogen and oxygen atoms in total. The molecule has 2 saturated carbocycles. The van der Waals surface area contributed by atoms with Crippen molar-refractivity contribution in [3.8, 4) is 0 Å². The van der Waals surface area contributed by atoms with Crippen LogP contribution < -0.4 is 0 Å². The lowest BCUT2D eigenvalue weighted by atomic mass is 9.79. The van der Waals surface area contributed by atoms with E-state index in [0.717, 1.165) is 38.0 Å². The highest BCUT2D eigenvalue weighted by Crippen LogP contribution is 2.47. The van der Waals surface area contributed by atoms with Crippen LogP contribution in [0.3, 0.4) is 0 Å². The molecule has 0 bridgehead atoms. The van der Waals surface area contributed by atoms with E-state index in [1.54, 1.807) is 0 Å². The van der Waals surface area contributed by atoms with Crippen molar-refractivity contribution < 1.29 is 14.3 Å². The number of nitrogens with zero attached hydrogens (tertiary/aromatic N) is 2. The first-order valence-electron chi connectivity index (χ1n) is 7.12. The maximum absolute atomic E-state index is 11.1. The number of hydrogen-bond acceptors (Lipinski definition) is 4. The van der Waals surface area contributed by atoms with Gasteiger partial charge in [-0.15, -0.1) is 10.2 Å². The van der Waals surface area contributed by atoms with Crippen LogP contribution in [0.5, 0.6) is 0 Å². The molecule has 104 valence electrons. The largest absolute Gasteiger partial charge is 0.481 e. The Hall–Kier alpha value is -1.39. The van der Waals surface area contributed by atoms with Crippen molar-refractivity contribution in [1.29, 1.82) is 0 Å². The molecular weight excluding hydrogens is 244 g/mol. The third-order valence-corrected chi connectivity index (χ3v) is 4.63. The van der Waals surface area contributed by atoms with Gasteiger partial charge in [-0.1, -0.05) is 19.8 Å². The Morgan fingerprint density at radius 2 is 2.11 bits per heavy atom. The van der Waals surface area contributed by atoms with E-state index in [2.05, 4.69) is 17.1 Å². The highest BCUT2D eigenvalue weighted by molar-refractivity contribution is 5.67. The molecule has 0 radical (unpaired) electrons. The minimum Gasteiger partial charge on any atom is -0.481 e. The standard InChI is InChI=1S/C14H20N2O3/c1-9-6-10(9)13-16-15-11(19-13)7-14(8-12(17)18)4-2-3-5-14/h9-10H,2-8H2,1H3,(H,17,18). The van der Waals surface area contributed by atoms with Gasteiger partial charge >= 0.3 is 5.97 Å².